The summed E-state index contributed by atoms with van der Waals surface area (Å²) in [5.41, 5.74) is -0.0435. The normalized spacial score (nSPS) is 25.2. The van der Waals surface area contributed by atoms with Gasteiger partial charge in [0.05, 0.1) is 17.2 Å². The van der Waals surface area contributed by atoms with Crippen molar-refractivity contribution < 1.29 is 5.11 Å². The Hall–Kier alpha value is -1.60. The van der Waals surface area contributed by atoms with Crippen LogP contribution >= 0.6 is 0 Å². The van der Waals surface area contributed by atoms with E-state index in [1.54, 1.807) is 18.3 Å². The third kappa shape index (κ3) is 2.31. The molecule has 1 aromatic heterocycles. The molecule has 1 atom stereocenters. The molecule has 1 unspecified atom stereocenters. The lowest BCUT2D eigenvalue weighted by Gasteiger charge is -2.37. The molecule has 0 aromatic carbocycles. The van der Waals surface area contributed by atoms with Crippen LogP contribution in [0.2, 0.25) is 0 Å². The molecule has 0 radical (unpaired) electrons. The minimum Gasteiger partial charge on any atom is -0.388 e. The molecule has 84 valence electrons. The van der Waals surface area contributed by atoms with Crippen molar-refractivity contribution in [3.05, 3.63) is 23.9 Å². The van der Waals surface area contributed by atoms with Gasteiger partial charge in [0.15, 0.2) is 0 Å². The fourth-order valence-corrected chi connectivity index (χ4v) is 2.08. The average molecular weight is 217 g/mol. The number of anilines is 1. The average Bonchev–Trinajstić information content (AvgIpc) is 2.28. The number of aromatic nitrogens is 1. The molecule has 0 bridgehead atoms. The Bertz CT molecular complexity index is 423. The van der Waals surface area contributed by atoms with Gasteiger partial charge in [-0.2, -0.15) is 5.26 Å². The fourth-order valence-electron chi connectivity index (χ4n) is 2.08. The standard InChI is InChI=1S/C12H15N3O/c1-12(16)4-2-6-15(9-12)11-7-10(8-13)3-5-14-11/h3,5,7,16H,2,4,6,9H2,1H3. The Morgan fingerprint density at radius 1 is 1.62 bits per heavy atom. The first-order chi connectivity index (χ1) is 7.61. The van der Waals surface area contributed by atoms with E-state index in [0.29, 0.717) is 12.1 Å². The topological polar surface area (TPSA) is 60.1 Å². The summed E-state index contributed by atoms with van der Waals surface area (Å²) in [6.07, 6.45) is 3.41. The van der Waals surface area contributed by atoms with Crippen LogP contribution in [0, 0.1) is 11.3 Å². The smallest absolute Gasteiger partial charge is 0.129 e. The molecule has 2 rings (SSSR count). The quantitative estimate of drug-likeness (QED) is 0.770. The molecule has 4 nitrogen and oxygen atoms in total. The minimum atomic E-state index is -0.650. The zero-order valence-electron chi connectivity index (χ0n) is 9.35. The van der Waals surface area contributed by atoms with Crippen LogP contribution in [-0.4, -0.2) is 28.8 Å². The number of hydrogen-bond donors (Lipinski definition) is 1. The maximum atomic E-state index is 10.00. The van der Waals surface area contributed by atoms with Crippen molar-refractivity contribution in [3.8, 4) is 6.07 Å². The fraction of sp³-hybridized carbons (Fsp3) is 0.500. The zero-order valence-corrected chi connectivity index (χ0v) is 9.35. The summed E-state index contributed by atoms with van der Waals surface area (Å²) in [5.74, 6) is 0.777. The van der Waals surface area contributed by atoms with E-state index >= 15 is 0 Å². The second-order valence-electron chi connectivity index (χ2n) is 4.54. The Morgan fingerprint density at radius 3 is 3.12 bits per heavy atom. The van der Waals surface area contributed by atoms with Crippen LogP contribution in [0.5, 0.6) is 0 Å². The van der Waals surface area contributed by atoms with E-state index in [-0.39, 0.29) is 0 Å². The third-order valence-electron chi connectivity index (χ3n) is 2.87. The highest BCUT2D eigenvalue weighted by Crippen LogP contribution is 2.24. The molecule has 0 aliphatic carbocycles. The molecule has 1 N–H and O–H groups in total. The van der Waals surface area contributed by atoms with Crippen LogP contribution in [0.3, 0.4) is 0 Å². The van der Waals surface area contributed by atoms with Crippen molar-refractivity contribution in [2.45, 2.75) is 25.4 Å². The molecule has 1 aromatic rings. The van der Waals surface area contributed by atoms with Crippen molar-refractivity contribution in [2.75, 3.05) is 18.0 Å². The van der Waals surface area contributed by atoms with Crippen molar-refractivity contribution >= 4 is 5.82 Å². The van der Waals surface area contributed by atoms with Crippen LogP contribution < -0.4 is 4.90 Å². The Balaban J connectivity index is 2.21. The summed E-state index contributed by atoms with van der Waals surface area (Å²) < 4.78 is 0. The lowest BCUT2D eigenvalue weighted by Crippen LogP contribution is -2.46. The highest BCUT2D eigenvalue weighted by atomic mass is 16.3. The summed E-state index contributed by atoms with van der Waals surface area (Å²) in [6, 6.07) is 5.55. The van der Waals surface area contributed by atoms with E-state index in [4.69, 9.17) is 5.26 Å². The second kappa shape index (κ2) is 4.11. The summed E-state index contributed by atoms with van der Waals surface area (Å²) in [5, 5.41) is 18.8. The van der Waals surface area contributed by atoms with Crippen molar-refractivity contribution in [1.82, 2.24) is 4.98 Å². The SMILES string of the molecule is CC1(O)CCCN(c2cc(C#N)ccn2)C1. The highest BCUT2D eigenvalue weighted by molar-refractivity contribution is 5.45. The molecule has 4 heteroatoms. The molecular weight excluding hydrogens is 202 g/mol. The van der Waals surface area contributed by atoms with Gasteiger partial charge in [-0.05, 0) is 31.9 Å². The molecule has 0 spiro atoms. The third-order valence-corrected chi connectivity index (χ3v) is 2.87. The molecule has 16 heavy (non-hydrogen) atoms. The summed E-state index contributed by atoms with van der Waals surface area (Å²) in [7, 11) is 0. The molecule has 1 aliphatic heterocycles. The van der Waals surface area contributed by atoms with Crippen molar-refractivity contribution in [3.63, 3.8) is 0 Å². The number of piperidine rings is 1. The van der Waals surface area contributed by atoms with Gasteiger partial charge in [-0.15, -0.1) is 0 Å². The van der Waals surface area contributed by atoms with Gasteiger partial charge < -0.3 is 10.0 Å². The summed E-state index contributed by atoms with van der Waals surface area (Å²) >= 11 is 0. The van der Waals surface area contributed by atoms with Gasteiger partial charge in [-0.25, -0.2) is 4.98 Å². The largest absolute Gasteiger partial charge is 0.388 e. The number of rotatable bonds is 1. The molecule has 2 heterocycles. The lowest BCUT2D eigenvalue weighted by atomic mass is 9.95. The van der Waals surface area contributed by atoms with Gasteiger partial charge in [0.2, 0.25) is 0 Å². The predicted molar refractivity (Wildman–Crippen MR) is 61.0 cm³/mol. The summed E-state index contributed by atoms with van der Waals surface area (Å²) in [6.45, 7) is 3.31. The molecular formula is C12H15N3O. The van der Waals surface area contributed by atoms with Crippen molar-refractivity contribution in [1.29, 1.82) is 5.26 Å². The first-order valence-corrected chi connectivity index (χ1v) is 5.44. The van der Waals surface area contributed by atoms with Crippen LogP contribution in [0.4, 0.5) is 5.82 Å². The van der Waals surface area contributed by atoms with Gasteiger partial charge in [-0.3, -0.25) is 0 Å². The molecule has 0 saturated carbocycles. The van der Waals surface area contributed by atoms with Crippen LogP contribution in [-0.2, 0) is 0 Å². The van der Waals surface area contributed by atoms with Gasteiger partial charge in [0.25, 0.3) is 0 Å². The maximum absolute atomic E-state index is 10.00. The number of aliphatic hydroxyl groups is 1. The van der Waals surface area contributed by atoms with E-state index < -0.39 is 5.60 Å². The lowest BCUT2D eigenvalue weighted by molar-refractivity contribution is 0.0447. The second-order valence-corrected chi connectivity index (χ2v) is 4.54. The van der Waals surface area contributed by atoms with E-state index in [0.717, 1.165) is 25.2 Å². The van der Waals surface area contributed by atoms with E-state index in [9.17, 15) is 5.11 Å². The Kier molecular flexibility index (Phi) is 2.80. The number of β-amino-alcohol motifs (C(OH)–C–C–N with tert-alkyl or cyclic N) is 1. The highest BCUT2D eigenvalue weighted by Gasteiger charge is 2.28. The molecule has 1 saturated heterocycles. The van der Waals surface area contributed by atoms with Crippen LogP contribution in [0.15, 0.2) is 18.3 Å². The number of nitriles is 1. The first kappa shape index (κ1) is 10.9. The number of nitrogens with zero attached hydrogens (tertiary/aromatic N) is 3. The van der Waals surface area contributed by atoms with Gasteiger partial charge in [-0.1, -0.05) is 0 Å². The monoisotopic (exact) mass is 217 g/mol. The van der Waals surface area contributed by atoms with Gasteiger partial charge in [0.1, 0.15) is 5.82 Å². The predicted octanol–water partition coefficient (Wildman–Crippen LogP) is 1.30. The Morgan fingerprint density at radius 2 is 2.44 bits per heavy atom. The van der Waals surface area contributed by atoms with E-state index in [2.05, 4.69) is 11.1 Å². The first-order valence-electron chi connectivity index (χ1n) is 5.44. The zero-order chi connectivity index (χ0) is 11.6. The molecule has 1 fully saturated rings. The summed E-state index contributed by atoms with van der Waals surface area (Å²) in [4.78, 5) is 6.27. The van der Waals surface area contributed by atoms with Gasteiger partial charge in [0, 0.05) is 19.3 Å². The van der Waals surface area contributed by atoms with Crippen LogP contribution in [0.25, 0.3) is 0 Å². The number of pyridine rings is 1. The number of hydrogen-bond acceptors (Lipinski definition) is 4. The van der Waals surface area contributed by atoms with E-state index in [1.165, 1.54) is 0 Å². The van der Waals surface area contributed by atoms with Crippen LogP contribution in [0.1, 0.15) is 25.3 Å². The minimum absolute atomic E-state index is 0.578. The maximum Gasteiger partial charge on any atom is 0.129 e. The Labute approximate surface area is 95.1 Å². The van der Waals surface area contributed by atoms with Crippen molar-refractivity contribution in [2.24, 2.45) is 0 Å². The molecule has 0 amide bonds. The van der Waals surface area contributed by atoms with Gasteiger partial charge >= 0.3 is 0 Å². The molecule has 1 aliphatic rings. The van der Waals surface area contributed by atoms with E-state index in [1.807, 2.05) is 11.8 Å².